The third-order valence-electron chi connectivity index (χ3n) is 1.07. The van der Waals surface area contributed by atoms with Gasteiger partial charge < -0.3 is 10.5 Å². The Morgan fingerprint density at radius 3 is 3.00 bits per heavy atom. The Balaban J connectivity index is 2.78. The standard InChI is InChI=1S/C7H9ClN2O/c1-5(8)11-7-6(9)3-2-4-10-7/h2-5H,9H2,1H3. The van der Waals surface area contributed by atoms with Crippen LogP contribution in [-0.2, 0) is 0 Å². The lowest BCUT2D eigenvalue weighted by atomic mass is 10.4. The molecule has 4 heteroatoms. The van der Waals surface area contributed by atoms with E-state index < -0.39 is 5.56 Å². The SMILES string of the molecule is CC(Cl)Oc1ncccc1N. The van der Waals surface area contributed by atoms with Crippen molar-refractivity contribution in [1.29, 1.82) is 0 Å². The third-order valence-corrected chi connectivity index (χ3v) is 1.16. The molecule has 3 nitrogen and oxygen atoms in total. The molecule has 0 aliphatic rings. The molecule has 1 aromatic rings. The van der Waals surface area contributed by atoms with Crippen LogP contribution in [0.15, 0.2) is 18.3 Å². The number of ether oxygens (including phenoxy) is 1. The molecule has 1 atom stereocenters. The highest BCUT2D eigenvalue weighted by atomic mass is 35.5. The first-order chi connectivity index (χ1) is 5.20. The van der Waals surface area contributed by atoms with Crippen molar-refractivity contribution in [2.45, 2.75) is 12.5 Å². The van der Waals surface area contributed by atoms with E-state index in [2.05, 4.69) is 4.98 Å². The smallest absolute Gasteiger partial charge is 0.238 e. The highest BCUT2D eigenvalue weighted by molar-refractivity contribution is 6.19. The Kier molecular flexibility index (Phi) is 2.54. The summed E-state index contributed by atoms with van der Waals surface area (Å²) in [5.74, 6) is 0.384. The molecule has 0 bridgehead atoms. The molecule has 2 N–H and O–H groups in total. The number of rotatable bonds is 2. The van der Waals surface area contributed by atoms with E-state index in [1.165, 1.54) is 0 Å². The predicted molar refractivity (Wildman–Crippen MR) is 44.6 cm³/mol. The number of anilines is 1. The summed E-state index contributed by atoms with van der Waals surface area (Å²) in [6, 6.07) is 3.45. The van der Waals surface area contributed by atoms with Crippen molar-refractivity contribution < 1.29 is 4.74 Å². The van der Waals surface area contributed by atoms with E-state index in [1.54, 1.807) is 25.3 Å². The van der Waals surface area contributed by atoms with Crippen molar-refractivity contribution in [3.63, 3.8) is 0 Å². The number of nitrogens with zero attached hydrogens (tertiary/aromatic N) is 1. The zero-order valence-corrected chi connectivity index (χ0v) is 6.88. The van der Waals surface area contributed by atoms with Gasteiger partial charge in [-0.05, 0) is 19.1 Å². The Morgan fingerprint density at radius 2 is 2.45 bits per heavy atom. The van der Waals surface area contributed by atoms with Gasteiger partial charge in [-0.15, -0.1) is 0 Å². The lowest BCUT2D eigenvalue weighted by Gasteiger charge is -2.07. The van der Waals surface area contributed by atoms with E-state index in [1.807, 2.05) is 0 Å². The van der Waals surface area contributed by atoms with Gasteiger partial charge in [0.2, 0.25) is 5.88 Å². The molecule has 0 aliphatic heterocycles. The fourth-order valence-electron chi connectivity index (χ4n) is 0.656. The summed E-state index contributed by atoms with van der Waals surface area (Å²) >= 11 is 5.57. The van der Waals surface area contributed by atoms with Gasteiger partial charge in [-0.3, -0.25) is 0 Å². The first kappa shape index (κ1) is 8.14. The molecule has 0 amide bonds. The Bertz CT molecular complexity index is 240. The summed E-state index contributed by atoms with van der Waals surface area (Å²) in [5, 5.41) is 0. The van der Waals surface area contributed by atoms with E-state index >= 15 is 0 Å². The topological polar surface area (TPSA) is 48.1 Å². The van der Waals surface area contributed by atoms with E-state index in [0.717, 1.165) is 0 Å². The second kappa shape index (κ2) is 3.44. The Labute approximate surface area is 70.1 Å². The maximum Gasteiger partial charge on any atom is 0.238 e. The summed E-state index contributed by atoms with van der Waals surface area (Å²) in [5.41, 5.74) is 5.61. The lowest BCUT2D eigenvalue weighted by Crippen LogP contribution is -2.05. The van der Waals surface area contributed by atoms with Crippen LogP contribution in [0, 0.1) is 0 Å². The zero-order chi connectivity index (χ0) is 8.27. The molecule has 0 radical (unpaired) electrons. The largest absolute Gasteiger partial charge is 0.457 e. The Hall–Kier alpha value is -0.960. The molecule has 1 aromatic heterocycles. The molecule has 0 saturated carbocycles. The molecule has 60 valence electrons. The zero-order valence-electron chi connectivity index (χ0n) is 6.12. The van der Waals surface area contributed by atoms with Gasteiger partial charge in [0.1, 0.15) is 0 Å². The van der Waals surface area contributed by atoms with E-state index in [-0.39, 0.29) is 0 Å². The molecule has 0 aromatic carbocycles. The molecule has 0 fully saturated rings. The van der Waals surface area contributed by atoms with Crippen molar-refractivity contribution >= 4 is 17.3 Å². The first-order valence-corrected chi connectivity index (χ1v) is 3.65. The summed E-state index contributed by atoms with van der Waals surface area (Å²) in [4.78, 5) is 3.89. The van der Waals surface area contributed by atoms with Gasteiger partial charge in [0, 0.05) is 6.20 Å². The van der Waals surface area contributed by atoms with Gasteiger partial charge in [-0.2, -0.15) is 0 Å². The van der Waals surface area contributed by atoms with Crippen molar-refractivity contribution in [2.75, 3.05) is 5.73 Å². The molecule has 0 aliphatic carbocycles. The minimum Gasteiger partial charge on any atom is -0.457 e. The second-order valence-corrected chi connectivity index (χ2v) is 2.67. The lowest BCUT2D eigenvalue weighted by molar-refractivity contribution is 0.291. The van der Waals surface area contributed by atoms with Crippen LogP contribution in [0.2, 0.25) is 0 Å². The normalized spacial score (nSPS) is 12.5. The average Bonchev–Trinajstić information content (AvgIpc) is 1.93. The summed E-state index contributed by atoms with van der Waals surface area (Å²) in [7, 11) is 0. The number of nitrogen functional groups attached to an aromatic ring is 1. The van der Waals surface area contributed by atoms with Crippen LogP contribution in [0.1, 0.15) is 6.92 Å². The van der Waals surface area contributed by atoms with Crippen molar-refractivity contribution in [1.82, 2.24) is 4.98 Å². The van der Waals surface area contributed by atoms with Gasteiger partial charge in [0.15, 0.2) is 5.56 Å². The van der Waals surface area contributed by atoms with Gasteiger partial charge >= 0.3 is 0 Å². The van der Waals surface area contributed by atoms with Crippen LogP contribution >= 0.6 is 11.6 Å². The fraction of sp³-hybridized carbons (Fsp3) is 0.286. The summed E-state index contributed by atoms with van der Waals surface area (Å²) in [6.45, 7) is 1.70. The molecule has 11 heavy (non-hydrogen) atoms. The first-order valence-electron chi connectivity index (χ1n) is 3.21. The van der Waals surface area contributed by atoms with Crippen molar-refractivity contribution in [2.24, 2.45) is 0 Å². The summed E-state index contributed by atoms with van der Waals surface area (Å²) in [6.07, 6.45) is 1.60. The van der Waals surface area contributed by atoms with Crippen LogP contribution in [0.3, 0.4) is 0 Å². The molecular weight excluding hydrogens is 164 g/mol. The number of alkyl halides is 1. The minimum atomic E-state index is -0.410. The van der Waals surface area contributed by atoms with E-state index in [9.17, 15) is 0 Å². The molecule has 1 heterocycles. The second-order valence-electron chi connectivity index (χ2n) is 2.06. The number of hydrogen-bond acceptors (Lipinski definition) is 3. The molecule has 1 rings (SSSR count). The summed E-state index contributed by atoms with van der Waals surface area (Å²) < 4.78 is 5.07. The number of nitrogens with two attached hydrogens (primary N) is 1. The van der Waals surface area contributed by atoms with Gasteiger partial charge in [0.25, 0.3) is 0 Å². The van der Waals surface area contributed by atoms with Gasteiger partial charge in [-0.1, -0.05) is 11.6 Å². The number of halogens is 1. The molecular formula is C7H9ClN2O. The van der Waals surface area contributed by atoms with Crippen LogP contribution < -0.4 is 10.5 Å². The maximum absolute atomic E-state index is 5.57. The van der Waals surface area contributed by atoms with Crippen LogP contribution in [0.5, 0.6) is 5.88 Å². The quantitative estimate of drug-likeness (QED) is 0.690. The Morgan fingerprint density at radius 1 is 1.73 bits per heavy atom. The number of hydrogen-bond donors (Lipinski definition) is 1. The van der Waals surface area contributed by atoms with Gasteiger partial charge in [0.05, 0.1) is 5.69 Å². The van der Waals surface area contributed by atoms with Gasteiger partial charge in [-0.25, -0.2) is 4.98 Å². The predicted octanol–water partition coefficient (Wildman–Crippen LogP) is 1.63. The van der Waals surface area contributed by atoms with E-state index in [4.69, 9.17) is 22.1 Å². The van der Waals surface area contributed by atoms with E-state index in [0.29, 0.717) is 11.6 Å². The van der Waals surface area contributed by atoms with Crippen LogP contribution in [-0.4, -0.2) is 10.5 Å². The van der Waals surface area contributed by atoms with Crippen molar-refractivity contribution in [3.05, 3.63) is 18.3 Å². The van der Waals surface area contributed by atoms with Crippen LogP contribution in [0.4, 0.5) is 5.69 Å². The molecule has 0 saturated heterocycles. The molecule has 0 spiro atoms. The van der Waals surface area contributed by atoms with Crippen LogP contribution in [0.25, 0.3) is 0 Å². The highest BCUT2D eigenvalue weighted by Crippen LogP contribution is 2.17. The highest BCUT2D eigenvalue weighted by Gasteiger charge is 2.02. The number of pyridine rings is 1. The monoisotopic (exact) mass is 172 g/mol. The fourth-order valence-corrected chi connectivity index (χ4v) is 0.740. The third kappa shape index (κ3) is 2.27. The number of aromatic nitrogens is 1. The maximum atomic E-state index is 5.57. The minimum absolute atomic E-state index is 0.384. The molecule has 1 unspecified atom stereocenters. The van der Waals surface area contributed by atoms with Crippen molar-refractivity contribution in [3.8, 4) is 5.88 Å². The average molecular weight is 173 g/mol.